The van der Waals surface area contributed by atoms with Crippen molar-refractivity contribution in [1.82, 2.24) is 5.32 Å². The van der Waals surface area contributed by atoms with E-state index in [2.05, 4.69) is 11.9 Å². The lowest BCUT2D eigenvalue weighted by molar-refractivity contribution is -0.281. The SMILES string of the molecule is C=CCCCC1C[C@@H](OC(=O)c2ccc(S(C)(=O)=O)cc2)C[C@](O)([C@@H]2CSC(=O)N2)O1. The van der Waals surface area contributed by atoms with E-state index in [4.69, 9.17) is 9.47 Å². The van der Waals surface area contributed by atoms with Crippen molar-refractivity contribution in [3.63, 3.8) is 0 Å². The maximum Gasteiger partial charge on any atom is 0.338 e. The van der Waals surface area contributed by atoms with Gasteiger partial charge < -0.3 is 19.9 Å². The third-order valence-electron chi connectivity index (χ3n) is 5.36. The molecule has 0 aliphatic carbocycles. The van der Waals surface area contributed by atoms with Crippen LogP contribution in [-0.4, -0.2) is 60.8 Å². The summed E-state index contributed by atoms with van der Waals surface area (Å²) in [5.74, 6) is -1.88. The quantitative estimate of drug-likeness (QED) is 0.339. The molecule has 8 nitrogen and oxygen atoms in total. The molecular formula is C21H27NO7S2. The second kappa shape index (κ2) is 9.72. The predicted octanol–water partition coefficient (Wildman–Crippen LogP) is 2.66. The minimum absolute atomic E-state index is 0.0314. The maximum atomic E-state index is 12.6. The number of aliphatic hydroxyl groups is 1. The second-order valence-electron chi connectivity index (χ2n) is 7.86. The van der Waals surface area contributed by atoms with Crippen LogP contribution in [0.15, 0.2) is 41.8 Å². The van der Waals surface area contributed by atoms with Gasteiger partial charge in [0, 0.05) is 24.9 Å². The predicted molar refractivity (Wildman–Crippen MR) is 117 cm³/mol. The highest BCUT2D eigenvalue weighted by molar-refractivity contribution is 8.14. The lowest BCUT2D eigenvalue weighted by Gasteiger charge is -2.43. The highest BCUT2D eigenvalue weighted by atomic mass is 32.2. The number of benzene rings is 1. The van der Waals surface area contributed by atoms with Crippen molar-refractivity contribution in [1.29, 1.82) is 0 Å². The molecule has 2 N–H and O–H groups in total. The van der Waals surface area contributed by atoms with Crippen molar-refractivity contribution >= 4 is 32.8 Å². The van der Waals surface area contributed by atoms with Crippen LogP contribution in [0, 0.1) is 0 Å². The van der Waals surface area contributed by atoms with Gasteiger partial charge in [-0.3, -0.25) is 4.79 Å². The first-order valence-corrected chi connectivity index (χ1v) is 12.9. The number of sulfone groups is 1. The molecule has 0 radical (unpaired) electrons. The van der Waals surface area contributed by atoms with Crippen molar-refractivity contribution in [2.24, 2.45) is 0 Å². The molecule has 2 heterocycles. The smallest absolute Gasteiger partial charge is 0.338 e. The van der Waals surface area contributed by atoms with E-state index in [0.717, 1.165) is 30.9 Å². The van der Waals surface area contributed by atoms with Crippen LogP contribution in [0.4, 0.5) is 4.79 Å². The third kappa shape index (κ3) is 6.09. The molecule has 4 atom stereocenters. The Morgan fingerprint density at radius 2 is 2.13 bits per heavy atom. The third-order valence-corrected chi connectivity index (χ3v) is 7.37. The fraction of sp³-hybridized carbons (Fsp3) is 0.524. The van der Waals surface area contributed by atoms with Crippen molar-refractivity contribution < 1.29 is 32.6 Å². The molecular weight excluding hydrogens is 442 g/mol. The Hall–Kier alpha value is -1.88. The van der Waals surface area contributed by atoms with Gasteiger partial charge in [0.15, 0.2) is 15.6 Å². The largest absolute Gasteiger partial charge is 0.458 e. The van der Waals surface area contributed by atoms with Gasteiger partial charge in [0.2, 0.25) is 0 Å². The number of nitrogens with one attached hydrogen (secondary N) is 1. The van der Waals surface area contributed by atoms with E-state index in [1.165, 1.54) is 24.3 Å². The van der Waals surface area contributed by atoms with Crippen LogP contribution < -0.4 is 5.32 Å². The van der Waals surface area contributed by atoms with E-state index in [9.17, 15) is 23.1 Å². The summed E-state index contributed by atoms with van der Waals surface area (Å²) in [6, 6.07) is 4.92. The van der Waals surface area contributed by atoms with Crippen LogP contribution in [0.3, 0.4) is 0 Å². The first-order chi connectivity index (χ1) is 14.6. The summed E-state index contributed by atoms with van der Waals surface area (Å²) in [5, 5.41) is 13.7. The lowest BCUT2D eigenvalue weighted by atomic mass is 9.91. The minimum Gasteiger partial charge on any atom is -0.458 e. The Morgan fingerprint density at radius 1 is 1.42 bits per heavy atom. The molecule has 1 unspecified atom stereocenters. The molecule has 0 bridgehead atoms. The molecule has 1 aromatic rings. The number of carbonyl (C=O) groups excluding carboxylic acids is 2. The van der Waals surface area contributed by atoms with Gasteiger partial charge in [0.1, 0.15) is 6.10 Å². The van der Waals surface area contributed by atoms with E-state index in [0.29, 0.717) is 18.6 Å². The number of rotatable bonds is 8. The Bertz CT molecular complexity index is 932. The fourth-order valence-corrected chi connectivity index (χ4v) is 5.27. The second-order valence-corrected chi connectivity index (χ2v) is 10.9. The van der Waals surface area contributed by atoms with Crippen molar-refractivity contribution in [3.05, 3.63) is 42.5 Å². The van der Waals surface area contributed by atoms with Gasteiger partial charge in [-0.25, -0.2) is 13.2 Å². The Morgan fingerprint density at radius 3 is 2.71 bits per heavy atom. The van der Waals surface area contributed by atoms with E-state index in [1.807, 2.05) is 0 Å². The van der Waals surface area contributed by atoms with Crippen LogP contribution in [-0.2, 0) is 19.3 Å². The fourth-order valence-electron chi connectivity index (χ4n) is 3.75. The minimum atomic E-state index is -3.37. The molecule has 1 amide bonds. The van der Waals surface area contributed by atoms with Gasteiger partial charge in [0.05, 0.1) is 22.6 Å². The monoisotopic (exact) mass is 469 g/mol. The zero-order valence-electron chi connectivity index (χ0n) is 17.3. The van der Waals surface area contributed by atoms with E-state index >= 15 is 0 Å². The molecule has 31 heavy (non-hydrogen) atoms. The van der Waals surface area contributed by atoms with Gasteiger partial charge in [-0.05, 0) is 43.5 Å². The number of ether oxygens (including phenoxy) is 2. The number of hydrogen-bond donors (Lipinski definition) is 2. The molecule has 2 aliphatic heterocycles. The lowest BCUT2D eigenvalue weighted by Crippen LogP contribution is -2.58. The van der Waals surface area contributed by atoms with Gasteiger partial charge in [0.25, 0.3) is 5.24 Å². The number of hydrogen-bond acceptors (Lipinski definition) is 8. The molecule has 0 aromatic heterocycles. The maximum absolute atomic E-state index is 12.6. The molecule has 2 saturated heterocycles. The highest BCUT2D eigenvalue weighted by Crippen LogP contribution is 2.36. The van der Waals surface area contributed by atoms with Crippen LogP contribution in [0.2, 0.25) is 0 Å². The molecule has 2 aliphatic rings. The van der Waals surface area contributed by atoms with Gasteiger partial charge >= 0.3 is 5.97 Å². The number of amides is 1. The molecule has 170 valence electrons. The molecule has 10 heteroatoms. The topological polar surface area (TPSA) is 119 Å². The highest BCUT2D eigenvalue weighted by Gasteiger charge is 2.49. The van der Waals surface area contributed by atoms with Gasteiger partial charge in [-0.15, -0.1) is 6.58 Å². The van der Waals surface area contributed by atoms with E-state index < -0.39 is 33.7 Å². The summed E-state index contributed by atoms with van der Waals surface area (Å²) in [4.78, 5) is 24.4. The summed E-state index contributed by atoms with van der Waals surface area (Å²) >= 11 is 1.08. The summed E-state index contributed by atoms with van der Waals surface area (Å²) < 4.78 is 34.8. The molecule has 0 spiro atoms. The summed E-state index contributed by atoms with van der Waals surface area (Å²) in [7, 11) is -3.37. The van der Waals surface area contributed by atoms with Crippen molar-refractivity contribution in [2.45, 2.75) is 61.0 Å². The molecule has 0 saturated carbocycles. The standard InChI is InChI=1S/C21H27NO7S2/c1-3-4-5-6-15-11-16(12-21(25,29-15)18-13-30-20(24)22-18)28-19(23)14-7-9-17(10-8-14)31(2,26)27/h3,7-10,15-16,18,25H,1,4-6,11-13H2,2H3,(H,22,24)/t15?,16-,18+,21-/m1/s1. The van der Waals surface area contributed by atoms with Crippen LogP contribution in [0.5, 0.6) is 0 Å². The Balaban J connectivity index is 1.72. The number of thioether (sulfide) groups is 1. The average Bonchev–Trinajstić information content (AvgIpc) is 3.15. The number of esters is 1. The van der Waals surface area contributed by atoms with E-state index in [1.54, 1.807) is 6.08 Å². The van der Waals surface area contributed by atoms with Crippen molar-refractivity contribution in [2.75, 3.05) is 12.0 Å². The molecule has 2 fully saturated rings. The van der Waals surface area contributed by atoms with Crippen LogP contribution >= 0.6 is 11.8 Å². The normalized spacial score (nSPS) is 28.7. The summed E-state index contributed by atoms with van der Waals surface area (Å²) in [5.41, 5.74) is 0.218. The molecule has 3 rings (SSSR count). The van der Waals surface area contributed by atoms with Crippen LogP contribution in [0.1, 0.15) is 42.5 Å². The van der Waals surface area contributed by atoms with E-state index in [-0.39, 0.29) is 28.2 Å². The first kappa shape index (κ1) is 23.8. The zero-order valence-corrected chi connectivity index (χ0v) is 18.9. The average molecular weight is 470 g/mol. The zero-order chi connectivity index (χ0) is 22.6. The van der Waals surface area contributed by atoms with Gasteiger partial charge in [-0.1, -0.05) is 17.8 Å². The van der Waals surface area contributed by atoms with Crippen LogP contribution in [0.25, 0.3) is 0 Å². The number of unbranched alkanes of at least 4 members (excludes halogenated alkanes) is 1. The Kier molecular flexibility index (Phi) is 7.46. The number of carbonyl (C=O) groups is 2. The molecule has 1 aromatic carbocycles. The van der Waals surface area contributed by atoms with Gasteiger partial charge in [-0.2, -0.15) is 0 Å². The number of allylic oxidation sites excluding steroid dienone is 1. The van der Waals surface area contributed by atoms with Crippen molar-refractivity contribution in [3.8, 4) is 0 Å². The first-order valence-electron chi connectivity index (χ1n) is 10.1. The summed E-state index contributed by atoms with van der Waals surface area (Å²) in [6.45, 7) is 3.71. The Labute approximate surface area is 186 Å². The summed E-state index contributed by atoms with van der Waals surface area (Å²) in [6.07, 6.45) is 4.65.